The lowest BCUT2D eigenvalue weighted by Gasteiger charge is -2.43. The lowest BCUT2D eigenvalue weighted by atomic mass is 9.88. The van der Waals surface area contributed by atoms with Gasteiger partial charge in [0.25, 0.3) is 5.91 Å². The Morgan fingerprint density at radius 3 is 1.97 bits per heavy atom. The van der Waals surface area contributed by atoms with E-state index in [1.807, 2.05) is 32.0 Å². The highest BCUT2D eigenvalue weighted by atomic mass is 16.5. The zero-order chi connectivity index (χ0) is 22.0. The van der Waals surface area contributed by atoms with E-state index in [0.29, 0.717) is 40.0 Å². The Balaban J connectivity index is 2.05. The van der Waals surface area contributed by atoms with Gasteiger partial charge in [-0.05, 0) is 31.5 Å². The molecule has 0 bridgehead atoms. The van der Waals surface area contributed by atoms with Crippen LogP contribution in [0.25, 0.3) is 0 Å². The van der Waals surface area contributed by atoms with Crippen molar-refractivity contribution in [2.45, 2.75) is 26.0 Å². The Morgan fingerprint density at radius 2 is 1.47 bits per heavy atom. The second-order valence-electron chi connectivity index (χ2n) is 7.06. The summed E-state index contributed by atoms with van der Waals surface area (Å²) in [5.74, 6) is 2.47. The number of anilines is 1. The van der Waals surface area contributed by atoms with Crippen LogP contribution in [0, 0.1) is 0 Å². The third-order valence-electron chi connectivity index (χ3n) is 4.88. The van der Waals surface area contributed by atoms with Crippen LogP contribution in [0.2, 0.25) is 0 Å². The van der Waals surface area contributed by atoms with Crippen molar-refractivity contribution < 1.29 is 28.5 Å². The Hall–Kier alpha value is -3.35. The first kappa shape index (κ1) is 21.4. The molecule has 2 aromatic rings. The summed E-state index contributed by atoms with van der Waals surface area (Å²) in [5.41, 5.74) is 1.98. The molecule has 3 rings (SSSR count). The summed E-state index contributed by atoms with van der Waals surface area (Å²) >= 11 is 0. The Kier molecular flexibility index (Phi) is 6.10. The summed E-state index contributed by atoms with van der Waals surface area (Å²) in [7, 11) is 6.20. The van der Waals surface area contributed by atoms with Gasteiger partial charge in [0.2, 0.25) is 5.75 Å². The molecule has 2 aromatic carbocycles. The number of β-lactam (4-membered cyclic amide) rings is 1. The van der Waals surface area contributed by atoms with E-state index in [2.05, 4.69) is 6.58 Å². The van der Waals surface area contributed by atoms with Gasteiger partial charge in [-0.2, -0.15) is 0 Å². The smallest absolute Gasteiger partial charge is 0.256 e. The number of amides is 1. The summed E-state index contributed by atoms with van der Waals surface area (Å²) in [6, 6.07) is 8.75. The molecule has 1 fully saturated rings. The lowest BCUT2D eigenvalue weighted by Crippen LogP contribution is -2.48. The number of carbonyl (C=O) groups excluding carboxylic acids is 1. The van der Waals surface area contributed by atoms with Crippen molar-refractivity contribution >= 4 is 11.6 Å². The summed E-state index contributed by atoms with van der Waals surface area (Å²) in [6.07, 6.45) is -0.0217. The average Bonchev–Trinajstić information content (AvgIpc) is 2.75. The number of hydrogen-bond donors (Lipinski definition) is 0. The molecular formula is C23H27NO6. The molecule has 0 spiro atoms. The molecule has 1 atom stereocenters. The van der Waals surface area contributed by atoms with Gasteiger partial charge in [-0.3, -0.25) is 9.69 Å². The molecule has 1 aliphatic heterocycles. The van der Waals surface area contributed by atoms with Gasteiger partial charge in [0.1, 0.15) is 0 Å². The Morgan fingerprint density at radius 1 is 0.867 bits per heavy atom. The molecule has 0 aliphatic carbocycles. The topological polar surface area (TPSA) is 66.5 Å². The third kappa shape index (κ3) is 3.63. The van der Waals surface area contributed by atoms with E-state index in [-0.39, 0.29) is 18.1 Å². The zero-order valence-corrected chi connectivity index (χ0v) is 18.1. The quantitative estimate of drug-likeness (QED) is 0.478. The van der Waals surface area contributed by atoms with E-state index >= 15 is 0 Å². The van der Waals surface area contributed by atoms with Gasteiger partial charge in [-0.1, -0.05) is 12.6 Å². The van der Waals surface area contributed by atoms with Crippen LogP contribution in [0.1, 0.15) is 25.5 Å². The fourth-order valence-corrected chi connectivity index (χ4v) is 3.51. The van der Waals surface area contributed by atoms with Crippen molar-refractivity contribution in [1.29, 1.82) is 0 Å². The highest BCUT2D eigenvalue weighted by molar-refractivity contribution is 6.15. The number of carbonyl (C=O) groups is 1. The average molecular weight is 413 g/mol. The van der Waals surface area contributed by atoms with Crippen LogP contribution < -0.4 is 28.6 Å². The van der Waals surface area contributed by atoms with E-state index < -0.39 is 0 Å². The molecule has 1 heterocycles. The SMILES string of the molecule is C=C1C(=O)N(c2cc(OC)c(OC)c(OC)c2)C1c1ccc(OC)c(OC(C)C)c1. The standard InChI is InChI=1S/C23H27NO6/c1-13(2)30-18-10-15(8-9-17(18)26-4)21-14(3)23(25)24(21)16-11-19(27-5)22(29-7)20(12-16)28-6/h8-13,21H,3H2,1-2,4-7H3. The molecule has 30 heavy (non-hydrogen) atoms. The molecule has 0 aromatic heterocycles. The van der Waals surface area contributed by atoms with Gasteiger partial charge < -0.3 is 23.7 Å². The van der Waals surface area contributed by atoms with Crippen LogP contribution >= 0.6 is 0 Å². The van der Waals surface area contributed by atoms with Crippen LogP contribution in [0.5, 0.6) is 28.7 Å². The second-order valence-corrected chi connectivity index (χ2v) is 7.06. The van der Waals surface area contributed by atoms with Crippen molar-refractivity contribution in [3.8, 4) is 28.7 Å². The van der Waals surface area contributed by atoms with Crippen LogP contribution in [-0.4, -0.2) is 40.5 Å². The first-order valence-corrected chi connectivity index (χ1v) is 9.53. The predicted octanol–water partition coefficient (Wildman–Crippen LogP) is 4.15. The van der Waals surface area contributed by atoms with E-state index in [1.54, 1.807) is 24.1 Å². The number of benzene rings is 2. The summed E-state index contributed by atoms with van der Waals surface area (Å²) in [4.78, 5) is 14.4. The summed E-state index contributed by atoms with van der Waals surface area (Å²) in [6.45, 7) is 7.87. The number of nitrogens with zero attached hydrogens (tertiary/aromatic N) is 1. The molecule has 1 aliphatic rings. The molecule has 1 saturated heterocycles. The minimum absolute atomic E-state index is 0.0217. The molecule has 160 valence electrons. The number of hydrogen-bond acceptors (Lipinski definition) is 6. The van der Waals surface area contributed by atoms with E-state index in [1.165, 1.54) is 21.3 Å². The summed E-state index contributed by atoms with van der Waals surface area (Å²) in [5, 5.41) is 0. The normalized spacial score (nSPS) is 15.7. The van der Waals surface area contributed by atoms with E-state index in [4.69, 9.17) is 23.7 Å². The maximum atomic E-state index is 12.7. The van der Waals surface area contributed by atoms with Crippen molar-refractivity contribution in [3.05, 3.63) is 48.0 Å². The van der Waals surface area contributed by atoms with Gasteiger partial charge in [0.15, 0.2) is 23.0 Å². The van der Waals surface area contributed by atoms with Crippen LogP contribution in [0.15, 0.2) is 42.5 Å². The fraction of sp³-hybridized carbons (Fsp3) is 0.348. The van der Waals surface area contributed by atoms with Gasteiger partial charge in [-0.15, -0.1) is 0 Å². The minimum Gasteiger partial charge on any atom is -0.493 e. The first-order valence-electron chi connectivity index (χ1n) is 9.53. The van der Waals surface area contributed by atoms with E-state index in [0.717, 1.165) is 5.56 Å². The molecule has 7 heteroatoms. The van der Waals surface area contributed by atoms with Crippen molar-refractivity contribution in [3.63, 3.8) is 0 Å². The minimum atomic E-state index is -0.347. The highest BCUT2D eigenvalue weighted by Gasteiger charge is 2.43. The molecule has 0 radical (unpaired) electrons. The summed E-state index contributed by atoms with van der Waals surface area (Å²) < 4.78 is 27.5. The van der Waals surface area contributed by atoms with Crippen molar-refractivity contribution in [2.24, 2.45) is 0 Å². The number of ether oxygens (including phenoxy) is 5. The monoisotopic (exact) mass is 413 g/mol. The first-order chi connectivity index (χ1) is 14.4. The maximum absolute atomic E-state index is 12.7. The van der Waals surface area contributed by atoms with Gasteiger partial charge in [-0.25, -0.2) is 0 Å². The Labute approximate surface area is 176 Å². The van der Waals surface area contributed by atoms with Gasteiger partial charge in [0.05, 0.1) is 46.3 Å². The van der Waals surface area contributed by atoms with Crippen molar-refractivity contribution in [2.75, 3.05) is 33.3 Å². The fourth-order valence-electron chi connectivity index (χ4n) is 3.51. The highest BCUT2D eigenvalue weighted by Crippen LogP contribution is 2.48. The van der Waals surface area contributed by atoms with Crippen LogP contribution in [-0.2, 0) is 4.79 Å². The van der Waals surface area contributed by atoms with Gasteiger partial charge in [0, 0.05) is 17.7 Å². The zero-order valence-electron chi connectivity index (χ0n) is 18.1. The number of methoxy groups -OCH3 is 4. The molecular weight excluding hydrogens is 386 g/mol. The third-order valence-corrected chi connectivity index (χ3v) is 4.88. The molecule has 0 saturated carbocycles. The van der Waals surface area contributed by atoms with Gasteiger partial charge >= 0.3 is 0 Å². The largest absolute Gasteiger partial charge is 0.493 e. The molecule has 1 amide bonds. The number of rotatable bonds is 8. The molecule has 0 N–H and O–H groups in total. The lowest BCUT2D eigenvalue weighted by molar-refractivity contribution is -0.119. The second kappa shape index (κ2) is 8.57. The van der Waals surface area contributed by atoms with Crippen molar-refractivity contribution in [1.82, 2.24) is 0 Å². The predicted molar refractivity (Wildman–Crippen MR) is 114 cm³/mol. The maximum Gasteiger partial charge on any atom is 0.256 e. The molecule has 1 unspecified atom stereocenters. The van der Waals surface area contributed by atoms with Crippen LogP contribution in [0.3, 0.4) is 0 Å². The van der Waals surface area contributed by atoms with E-state index in [9.17, 15) is 4.79 Å². The Bertz CT molecular complexity index is 943. The molecule has 7 nitrogen and oxygen atoms in total. The van der Waals surface area contributed by atoms with Crippen LogP contribution in [0.4, 0.5) is 5.69 Å².